The Hall–Kier alpha value is -1.03. The lowest BCUT2D eigenvalue weighted by Gasteiger charge is -2.27. The van der Waals surface area contributed by atoms with Gasteiger partial charge in [-0.2, -0.15) is 5.10 Å². The zero-order valence-electron chi connectivity index (χ0n) is 14.2. The monoisotopic (exact) mass is 281 g/mol. The van der Waals surface area contributed by atoms with E-state index in [9.17, 15) is 0 Å². The first-order valence-electron chi connectivity index (χ1n) is 7.64. The number of aromatic nitrogens is 2. The van der Waals surface area contributed by atoms with Gasteiger partial charge in [-0.3, -0.25) is 4.68 Å². The second-order valence-corrected chi connectivity index (χ2v) is 6.72. The lowest BCUT2D eigenvalue weighted by atomic mass is 9.91. The Bertz CT molecular complexity index is 406. The highest BCUT2D eigenvalue weighted by molar-refractivity contribution is 5.28. The Morgan fingerprint density at radius 2 is 2.00 bits per heavy atom. The number of rotatable bonds is 7. The molecule has 1 rings (SSSR count). The topological polar surface area (TPSA) is 39.1 Å². The van der Waals surface area contributed by atoms with Crippen LogP contribution in [0, 0.1) is 5.92 Å². The largest absolute Gasteiger partial charge is 0.493 e. The summed E-state index contributed by atoms with van der Waals surface area (Å²) in [6.45, 7) is 15.3. The number of nitrogens with zero attached hydrogens (tertiary/aromatic N) is 2. The second kappa shape index (κ2) is 7.11. The standard InChI is InChI=1S/C16H31N3O/c1-8-9-19-15(14(20-7)11-18-19)13(3)12(2)10-17-16(4,5)6/h11-13,17H,8-10H2,1-7H3. The molecule has 0 bridgehead atoms. The number of hydrogen-bond acceptors (Lipinski definition) is 3. The van der Waals surface area contributed by atoms with Crippen LogP contribution in [0.15, 0.2) is 6.20 Å². The maximum absolute atomic E-state index is 5.49. The molecule has 116 valence electrons. The molecular formula is C16H31N3O. The van der Waals surface area contributed by atoms with E-state index in [1.165, 1.54) is 5.69 Å². The highest BCUT2D eigenvalue weighted by Crippen LogP contribution is 2.31. The van der Waals surface area contributed by atoms with Crippen molar-refractivity contribution in [3.8, 4) is 5.75 Å². The molecule has 0 aromatic carbocycles. The molecule has 0 aliphatic carbocycles. The van der Waals surface area contributed by atoms with E-state index < -0.39 is 0 Å². The van der Waals surface area contributed by atoms with Gasteiger partial charge in [0, 0.05) is 18.0 Å². The van der Waals surface area contributed by atoms with Gasteiger partial charge in [0.1, 0.15) is 0 Å². The molecule has 0 saturated carbocycles. The van der Waals surface area contributed by atoms with Gasteiger partial charge in [-0.1, -0.05) is 20.8 Å². The first kappa shape index (κ1) is 17.0. The fourth-order valence-corrected chi connectivity index (χ4v) is 2.30. The molecular weight excluding hydrogens is 250 g/mol. The molecule has 1 heterocycles. The Morgan fingerprint density at radius 1 is 1.35 bits per heavy atom. The van der Waals surface area contributed by atoms with Crippen LogP contribution in [-0.2, 0) is 6.54 Å². The molecule has 0 aliphatic rings. The summed E-state index contributed by atoms with van der Waals surface area (Å²) in [7, 11) is 1.72. The smallest absolute Gasteiger partial charge is 0.160 e. The van der Waals surface area contributed by atoms with Crippen LogP contribution in [0.25, 0.3) is 0 Å². The van der Waals surface area contributed by atoms with Gasteiger partial charge in [0.05, 0.1) is 19.0 Å². The van der Waals surface area contributed by atoms with Crippen LogP contribution in [0.3, 0.4) is 0 Å². The number of methoxy groups -OCH3 is 1. The third-order valence-corrected chi connectivity index (χ3v) is 3.74. The third-order valence-electron chi connectivity index (χ3n) is 3.74. The van der Waals surface area contributed by atoms with Crippen molar-refractivity contribution >= 4 is 0 Å². The normalized spacial score (nSPS) is 15.2. The van der Waals surface area contributed by atoms with E-state index in [0.29, 0.717) is 11.8 Å². The quantitative estimate of drug-likeness (QED) is 0.832. The highest BCUT2D eigenvalue weighted by Gasteiger charge is 2.24. The summed E-state index contributed by atoms with van der Waals surface area (Å²) in [5.74, 6) is 1.85. The van der Waals surface area contributed by atoms with E-state index in [-0.39, 0.29) is 5.54 Å². The van der Waals surface area contributed by atoms with Crippen LogP contribution in [0.5, 0.6) is 5.75 Å². The minimum absolute atomic E-state index is 0.154. The average Bonchev–Trinajstić information content (AvgIpc) is 2.77. The first-order valence-corrected chi connectivity index (χ1v) is 7.64. The van der Waals surface area contributed by atoms with Gasteiger partial charge in [-0.05, 0) is 39.7 Å². The molecule has 1 N–H and O–H groups in total. The molecule has 0 fully saturated rings. The molecule has 2 unspecified atom stereocenters. The lowest BCUT2D eigenvalue weighted by molar-refractivity contribution is 0.340. The van der Waals surface area contributed by atoms with Crippen molar-refractivity contribution in [1.29, 1.82) is 0 Å². The fourth-order valence-electron chi connectivity index (χ4n) is 2.30. The van der Waals surface area contributed by atoms with Gasteiger partial charge in [0.25, 0.3) is 0 Å². The summed E-state index contributed by atoms with van der Waals surface area (Å²) in [5, 5.41) is 8.04. The van der Waals surface area contributed by atoms with Crippen LogP contribution in [-0.4, -0.2) is 29.0 Å². The van der Waals surface area contributed by atoms with Gasteiger partial charge in [0.2, 0.25) is 0 Å². The maximum Gasteiger partial charge on any atom is 0.160 e. The van der Waals surface area contributed by atoms with Crippen LogP contribution in [0.1, 0.15) is 59.6 Å². The molecule has 4 nitrogen and oxygen atoms in total. The van der Waals surface area contributed by atoms with Crippen molar-refractivity contribution in [2.45, 2.75) is 66.0 Å². The third kappa shape index (κ3) is 4.51. The lowest BCUT2D eigenvalue weighted by Crippen LogP contribution is -2.39. The summed E-state index contributed by atoms with van der Waals surface area (Å²) >= 11 is 0. The van der Waals surface area contributed by atoms with Crippen molar-refractivity contribution < 1.29 is 4.74 Å². The first-order chi connectivity index (χ1) is 9.30. The summed E-state index contributed by atoms with van der Waals surface area (Å²) in [4.78, 5) is 0. The number of aryl methyl sites for hydroxylation is 1. The number of nitrogens with one attached hydrogen (secondary N) is 1. The van der Waals surface area contributed by atoms with E-state index in [2.05, 4.69) is 56.6 Å². The zero-order valence-corrected chi connectivity index (χ0v) is 14.2. The highest BCUT2D eigenvalue weighted by atomic mass is 16.5. The van der Waals surface area contributed by atoms with E-state index in [4.69, 9.17) is 4.74 Å². The summed E-state index contributed by atoms with van der Waals surface area (Å²) in [6.07, 6.45) is 2.92. The molecule has 0 amide bonds. The Balaban J connectivity index is 2.84. The zero-order chi connectivity index (χ0) is 15.3. The van der Waals surface area contributed by atoms with Gasteiger partial charge >= 0.3 is 0 Å². The summed E-state index contributed by atoms with van der Waals surface area (Å²) in [5.41, 5.74) is 1.37. The summed E-state index contributed by atoms with van der Waals surface area (Å²) < 4.78 is 7.58. The molecule has 1 aromatic rings. The van der Waals surface area contributed by atoms with E-state index in [0.717, 1.165) is 25.3 Å². The second-order valence-electron chi connectivity index (χ2n) is 6.72. The maximum atomic E-state index is 5.49. The predicted octanol–water partition coefficient (Wildman–Crippen LogP) is 3.43. The molecule has 0 spiro atoms. The van der Waals surface area contributed by atoms with Crippen LogP contribution >= 0.6 is 0 Å². The molecule has 20 heavy (non-hydrogen) atoms. The van der Waals surface area contributed by atoms with Crippen molar-refractivity contribution in [2.75, 3.05) is 13.7 Å². The molecule has 0 aliphatic heterocycles. The van der Waals surface area contributed by atoms with Crippen molar-refractivity contribution in [3.63, 3.8) is 0 Å². The van der Waals surface area contributed by atoms with Crippen molar-refractivity contribution in [3.05, 3.63) is 11.9 Å². The van der Waals surface area contributed by atoms with Gasteiger partial charge < -0.3 is 10.1 Å². The number of hydrogen-bond donors (Lipinski definition) is 1. The van der Waals surface area contributed by atoms with Gasteiger partial charge in [-0.25, -0.2) is 0 Å². The Kier molecular flexibility index (Phi) is 6.06. The van der Waals surface area contributed by atoms with Gasteiger partial charge in [0.15, 0.2) is 5.75 Å². The predicted molar refractivity (Wildman–Crippen MR) is 84.4 cm³/mol. The minimum atomic E-state index is 0.154. The SMILES string of the molecule is CCCn1ncc(OC)c1C(C)C(C)CNC(C)(C)C. The minimum Gasteiger partial charge on any atom is -0.493 e. The molecule has 0 radical (unpaired) electrons. The van der Waals surface area contributed by atoms with Crippen molar-refractivity contribution in [2.24, 2.45) is 5.92 Å². The van der Waals surface area contributed by atoms with E-state index in [1.807, 2.05) is 6.20 Å². The molecule has 1 aromatic heterocycles. The molecule has 0 saturated heterocycles. The average molecular weight is 281 g/mol. The Labute approximate surface area is 123 Å². The molecule has 4 heteroatoms. The fraction of sp³-hybridized carbons (Fsp3) is 0.812. The van der Waals surface area contributed by atoms with E-state index >= 15 is 0 Å². The molecule has 2 atom stereocenters. The van der Waals surface area contributed by atoms with E-state index in [1.54, 1.807) is 7.11 Å². The number of ether oxygens (including phenoxy) is 1. The Morgan fingerprint density at radius 3 is 2.50 bits per heavy atom. The van der Waals surface area contributed by atoms with Crippen LogP contribution in [0.2, 0.25) is 0 Å². The van der Waals surface area contributed by atoms with Gasteiger partial charge in [-0.15, -0.1) is 0 Å². The van der Waals surface area contributed by atoms with Crippen LogP contribution in [0.4, 0.5) is 0 Å². The summed E-state index contributed by atoms with van der Waals surface area (Å²) in [6, 6.07) is 0. The van der Waals surface area contributed by atoms with Crippen molar-refractivity contribution in [1.82, 2.24) is 15.1 Å². The van der Waals surface area contributed by atoms with Crippen LogP contribution < -0.4 is 10.1 Å².